The van der Waals surface area contributed by atoms with E-state index in [0.29, 0.717) is 5.56 Å². The molecule has 19 heavy (non-hydrogen) atoms. The van der Waals surface area contributed by atoms with Crippen LogP contribution < -0.4 is 0 Å². The molecule has 0 saturated heterocycles. The zero-order valence-electron chi connectivity index (χ0n) is 9.61. The highest BCUT2D eigenvalue weighted by Gasteiger charge is 2.36. The van der Waals surface area contributed by atoms with Crippen molar-refractivity contribution in [1.82, 2.24) is 5.16 Å². The van der Waals surface area contributed by atoms with Gasteiger partial charge in [-0.15, -0.1) is 0 Å². The molecule has 3 aromatic rings. The highest BCUT2D eigenvalue weighted by Crippen LogP contribution is 2.32. The van der Waals surface area contributed by atoms with Crippen molar-refractivity contribution in [3.8, 4) is 11.3 Å². The van der Waals surface area contributed by atoms with E-state index >= 15 is 0 Å². The lowest BCUT2D eigenvalue weighted by atomic mass is 10.1. The van der Waals surface area contributed by atoms with Gasteiger partial charge in [-0.2, -0.15) is 13.2 Å². The molecule has 0 aliphatic carbocycles. The van der Waals surface area contributed by atoms with E-state index < -0.39 is 11.9 Å². The van der Waals surface area contributed by atoms with Crippen molar-refractivity contribution in [2.24, 2.45) is 0 Å². The Kier molecular flexibility index (Phi) is 2.55. The number of benzene rings is 2. The van der Waals surface area contributed by atoms with Crippen LogP contribution in [-0.2, 0) is 6.18 Å². The first-order valence-electron chi connectivity index (χ1n) is 5.57. The summed E-state index contributed by atoms with van der Waals surface area (Å²) in [5.41, 5.74) is 0.774. The van der Waals surface area contributed by atoms with Crippen molar-refractivity contribution < 1.29 is 17.7 Å². The van der Waals surface area contributed by atoms with Crippen LogP contribution >= 0.6 is 0 Å². The molecule has 0 amide bonds. The van der Waals surface area contributed by atoms with Crippen LogP contribution in [-0.4, -0.2) is 5.16 Å². The van der Waals surface area contributed by atoms with Gasteiger partial charge in [0.25, 0.3) is 0 Å². The van der Waals surface area contributed by atoms with Gasteiger partial charge < -0.3 is 4.52 Å². The smallest absolute Gasteiger partial charge is 0.351 e. The van der Waals surface area contributed by atoms with Crippen molar-refractivity contribution in [1.29, 1.82) is 0 Å². The Morgan fingerprint density at radius 3 is 2.32 bits per heavy atom. The Morgan fingerprint density at radius 2 is 1.63 bits per heavy atom. The molecule has 0 aliphatic heterocycles. The van der Waals surface area contributed by atoms with Crippen molar-refractivity contribution in [3.63, 3.8) is 0 Å². The Hall–Kier alpha value is -2.30. The number of halogens is 3. The lowest BCUT2D eigenvalue weighted by Crippen LogP contribution is -2.02. The monoisotopic (exact) mass is 263 g/mol. The van der Waals surface area contributed by atoms with E-state index in [4.69, 9.17) is 0 Å². The number of nitrogens with zero attached hydrogens (tertiary/aromatic N) is 1. The van der Waals surface area contributed by atoms with Crippen LogP contribution in [0.2, 0.25) is 0 Å². The fraction of sp³-hybridized carbons (Fsp3) is 0.0714. The molecule has 0 N–H and O–H groups in total. The number of rotatable bonds is 1. The number of alkyl halides is 3. The first-order chi connectivity index (χ1) is 9.04. The molecule has 0 saturated carbocycles. The largest absolute Gasteiger partial charge is 0.452 e. The molecule has 0 spiro atoms. The van der Waals surface area contributed by atoms with Gasteiger partial charge in [0.1, 0.15) is 5.69 Å². The van der Waals surface area contributed by atoms with Crippen molar-refractivity contribution in [2.45, 2.75) is 6.18 Å². The summed E-state index contributed by atoms with van der Waals surface area (Å²) in [7, 11) is 0. The fourth-order valence-corrected chi connectivity index (χ4v) is 1.89. The lowest BCUT2D eigenvalue weighted by molar-refractivity contribution is -0.155. The predicted molar refractivity (Wildman–Crippen MR) is 64.4 cm³/mol. The first kappa shape index (κ1) is 11.8. The third kappa shape index (κ3) is 2.19. The lowest BCUT2D eigenvalue weighted by Gasteiger charge is -2.00. The van der Waals surface area contributed by atoms with E-state index in [2.05, 4.69) is 9.68 Å². The van der Waals surface area contributed by atoms with E-state index in [-0.39, 0.29) is 5.69 Å². The van der Waals surface area contributed by atoms with E-state index in [0.717, 1.165) is 16.8 Å². The molecule has 1 heterocycles. The number of hydrogen-bond donors (Lipinski definition) is 0. The summed E-state index contributed by atoms with van der Waals surface area (Å²) >= 11 is 0. The molecular formula is C14H8F3NO. The Labute approximate surface area is 106 Å². The number of fused-ring (bicyclic) bond motifs is 1. The normalized spacial score (nSPS) is 11.9. The molecular weight excluding hydrogens is 255 g/mol. The van der Waals surface area contributed by atoms with Gasteiger partial charge in [0.15, 0.2) is 0 Å². The van der Waals surface area contributed by atoms with Gasteiger partial charge in [0.05, 0.1) is 0 Å². The van der Waals surface area contributed by atoms with E-state index in [1.807, 2.05) is 30.3 Å². The van der Waals surface area contributed by atoms with Crippen molar-refractivity contribution in [2.75, 3.05) is 0 Å². The third-order valence-electron chi connectivity index (χ3n) is 2.83. The summed E-state index contributed by atoms with van der Waals surface area (Å²) in [5, 5.41) is 5.43. The molecule has 0 fully saturated rings. The van der Waals surface area contributed by atoms with E-state index in [1.165, 1.54) is 0 Å². The summed E-state index contributed by atoms with van der Waals surface area (Å²) in [6.45, 7) is 0. The molecule has 2 aromatic carbocycles. The maximum atomic E-state index is 12.4. The van der Waals surface area contributed by atoms with Crippen LogP contribution in [0.4, 0.5) is 13.2 Å². The molecule has 1 aromatic heterocycles. The maximum absolute atomic E-state index is 12.4. The van der Waals surface area contributed by atoms with Crippen LogP contribution in [0.3, 0.4) is 0 Å². The Morgan fingerprint density at radius 1 is 0.895 bits per heavy atom. The average molecular weight is 263 g/mol. The zero-order valence-corrected chi connectivity index (χ0v) is 9.61. The molecule has 5 heteroatoms. The maximum Gasteiger partial charge on any atom is 0.452 e. The van der Waals surface area contributed by atoms with Crippen LogP contribution in [0.15, 0.2) is 53.1 Å². The summed E-state index contributed by atoms with van der Waals surface area (Å²) in [6, 6.07) is 13.9. The molecule has 0 radical (unpaired) electrons. The number of aromatic nitrogens is 1. The van der Waals surface area contributed by atoms with E-state index in [9.17, 15) is 13.2 Å². The molecule has 2 nitrogen and oxygen atoms in total. The van der Waals surface area contributed by atoms with Crippen molar-refractivity contribution >= 4 is 10.8 Å². The second-order valence-electron chi connectivity index (χ2n) is 4.14. The van der Waals surface area contributed by atoms with Crippen LogP contribution in [0.25, 0.3) is 22.0 Å². The van der Waals surface area contributed by atoms with Crippen LogP contribution in [0.1, 0.15) is 5.76 Å². The van der Waals surface area contributed by atoms with Gasteiger partial charge in [0, 0.05) is 11.6 Å². The quantitative estimate of drug-likeness (QED) is 0.645. The van der Waals surface area contributed by atoms with Gasteiger partial charge in [-0.05, 0) is 16.8 Å². The van der Waals surface area contributed by atoms with Gasteiger partial charge in [-0.3, -0.25) is 0 Å². The SMILES string of the molecule is FC(F)(F)c1cc(-c2ccc3ccccc3c2)no1. The highest BCUT2D eigenvalue weighted by molar-refractivity contribution is 5.86. The Balaban J connectivity index is 2.07. The zero-order chi connectivity index (χ0) is 13.5. The van der Waals surface area contributed by atoms with Crippen LogP contribution in [0.5, 0.6) is 0 Å². The summed E-state index contributed by atoms with van der Waals surface area (Å²) in [5.74, 6) is -1.09. The average Bonchev–Trinajstić information content (AvgIpc) is 2.87. The fourth-order valence-electron chi connectivity index (χ4n) is 1.89. The van der Waals surface area contributed by atoms with Crippen molar-refractivity contribution in [3.05, 3.63) is 54.3 Å². The molecule has 3 rings (SSSR count). The molecule has 0 aliphatic rings. The molecule has 0 unspecified atom stereocenters. The molecule has 0 atom stereocenters. The first-order valence-corrected chi connectivity index (χ1v) is 5.57. The standard InChI is InChI=1S/C14H8F3NO/c15-14(16,17)13-8-12(18-19-13)11-6-5-9-3-1-2-4-10(9)7-11/h1-8H. The molecule has 0 bridgehead atoms. The predicted octanol–water partition coefficient (Wildman–Crippen LogP) is 4.51. The minimum atomic E-state index is -4.51. The summed E-state index contributed by atoms with van der Waals surface area (Å²) in [6.07, 6.45) is -4.51. The molecule has 96 valence electrons. The second kappa shape index (κ2) is 4.12. The minimum Gasteiger partial charge on any atom is -0.351 e. The minimum absolute atomic E-state index is 0.179. The van der Waals surface area contributed by atoms with E-state index in [1.54, 1.807) is 12.1 Å². The van der Waals surface area contributed by atoms with Gasteiger partial charge in [0.2, 0.25) is 5.76 Å². The topological polar surface area (TPSA) is 26.0 Å². The summed E-state index contributed by atoms with van der Waals surface area (Å²) < 4.78 is 41.6. The Bertz CT molecular complexity index is 731. The second-order valence-corrected chi connectivity index (χ2v) is 4.14. The van der Waals surface area contributed by atoms with Crippen LogP contribution in [0, 0.1) is 0 Å². The van der Waals surface area contributed by atoms with Gasteiger partial charge in [-0.25, -0.2) is 0 Å². The number of hydrogen-bond acceptors (Lipinski definition) is 2. The summed E-state index contributed by atoms with van der Waals surface area (Å²) in [4.78, 5) is 0. The highest BCUT2D eigenvalue weighted by atomic mass is 19.4. The van der Waals surface area contributed by atoms with Gasteiger partial charge in [-0.1, -0.05) is 41.6 Å². The third-order valence-corrected chi connectivity index (χ3v) is 2.83. The van der Waals surface area contributed by atoms with Gasteiger partial charge >= 0.3 is 6.18 Å².